The first-order chi connectivity index (χ1) is 6.52. The Hall–Kier alpha value is -1.65. The van der Waals surface area contributed by atoms with Gasteiger partial charge in [0.15, 0.2) is 5.69 Å². The zero-order chi connectivity index (χ0) is 10.7. The van der Waals surface area contributed by atoms with E-state index in [1.165, 1.54) is 12.3 Å². The molecule has 0 saturated carbocycles. The highest BCUT2D eigenvalue weighted by molar-refractivity contribution is 5.85. The number of carboxylic acid groups (broad SMARTS) is 1. The van der Waals surface area contributed by atoms with Crippen LogP contribution in [0, 0.1) is 0 Å². The lowest BCUT2D eigenvalue weighted by molar-refractivity contribution is 0.0690. The molecule has 0 fully saturated rings. The van der Waals surface area contributed by atoms with E-state index in [9.17, 15) is 4.79 Å². The molecule has 0 aromatic carbocycles. The number of anilines is 1. The molecule has 0 amide bonds. The van der Waals surface area contributed by atoms with Crippen LogP contribution < -0.4 is 4.90 Å². The van der Waals surface area contributed by atoms with Gasteiger partial charge in [-0.3, -0.25) is 0 Å². The fraction of sp³-hybridized carbons (Fsp3) is 0.444. The number of carboxylic acids is 1. The maximum atomic E-state index is 10.6. The Bertz CT molecular complexity index is 339. The molecule has 0 bridgehead atoms. The molecule has 1 N–H and O–H groups in total. The molecular weight excluding hydrogens is 182 g/mol. The molecule has 0 atom stereocenters. The van der Waals surface area contributed by atoms with Gasteiger partial charge in [-0.2, -0.15) is 0 Å². The van der Waals surface area contributed by atoms with E-state index >= 15 is 0 Å². The van der Waals surface area contributed by atoms with Crippen molar-refractivity contribution in [1.29, 1.82) is 0 Å². The minimum atomic E-state index is -1.04. The molecule has 5 nitrogen and oxygen atoms in total. The van der Waals surface area contributed by atoms with Crippen molar-refractivity contribution in [1.82, 2.24) is 9.97 Å². The molecule has 0 spiro atoms. The van der Waals surface area contributed by atoms with Crippen molar-refractivity contribution in [2.24, 2.45) is 0 Å². The summed E-state index contributed by atoms with van der Waals surface area (Å²) in [6.07, 6.45) is 1.45. The summed E-state index contributed by atoms with van der Waals surface area (Å²) < 4.78 is 0. The molecule has 14 heavy (non-hydrogen) atoms. The summed E-state index contributed by atoms with van der Waals surface area (Å²) >= 11 is 0. The molecule has 0 aliphatic carbocycles. The summed E-state index contributed by atoms with van der Waals surface area (Å²) in [5.41, 5.74) is 0.0162. The van der Waals surface area contributed by atoms with Crippen molar-refractivity contribution in [2.75, 3.05) is 11.9 Å². The Morgan fingerprint density at radius 3 is 2.71 bits per heavy atom. The summed E-state index contributed by atoms with van der Waals surface area (Å²) in [6, 6.07) is 1.61. The second-order valence-corrected chi connectivity index (χ2v) is 3.25. The van der Waals surface area contributed by atoms with Crippen LogP contribution in [0.4, 0.5) is 5.95 Å². The number of hydrogen-bond donors (Lipinski definition) is 1. The van der Waals surface area contributed by atoms with Crippen LogP contribution in [0.1, 0.15) is 24.3 Å². The third-order valence-electron chi connectivity index (χ3n) is 1.95. The van der Waals surface area contributed by atoms with E-state index in [-0.39, 0.29) is 11.7 Å². The second-order valence-electron chi connectivity index (χ2n) is 3.25. The first-order valence-electron chi connectivity index (χ1n) is 4.31. The lowest BCUT2D eigenvalue weighted by Crippen LogP contribution is -2.28. The number of nitrogens with zero attached hydrogens (tertiary/aromatic N) is 3. The summed E-state index contributed by atoms with van der Waals surface area (Å²) in [5, 5.41) is 8.72. The number of carbonyl (C=O) groups is 1. The molecule has 0 radical (unpaired) electrons. The van der Waals surface area contributed by atoms with Gasteiger partial charge in [0.2, 0.25) is 5.95 Å². The highest BCUT2D eigenvalue weighted by Crippen LogP contribution is 2.08. The number of hydrogen-bond acceptors (Lipinski definition) is 4. The lowest BCUT2D eigenvalue weighted by atomic mass is 10.3. The average Bonchev–Trinajstić information content (AvgIpc) is 2.16. The molecule has 1 heterocycles. The van der Waals surface area contributed by atoms with Crippen molar-refractivity contribution in [3.63, 3.8) is 0 Å². The lowest BCUT2D eigenvalue weighted by Gasteiger charge is -2.20. The highest BCUT2D eigenvalue weighted by atomic mass is 16.4. The van der Waals surface area contributed by atoms with Crippen LogP contribution >= 0.6 is 0 Å². The van der Waals surface area contributed by atoms with E-state index in [0.717, 1.165) is 0 Å². The largest absolute Gasteiger partial charge is 0.477 e. The normalized spacial score (nSPS) is 10.3. The summed E-state index contributed by atoms with van der Waals surface area (Å²) in [4.78, 5) is 20.4. The molecular formula is C9H13N3O2. The Morgan fingerprint density at radius 1 is 1.57 bits per heavy atom. The van der Waals surface area contributed by atoms with Gasteiger partial charge in [-0.05, 0) is 19.9 Å². The highest BCUT2D eigenvalue weighted by Gasteiger charge is 2.11. The first-order valence-corrected chi connectivity index (χ1v) is 4.31. The summed E-state index contributed by atoms with van der Waals surface area (Å²) in [6.45, 7) is 3.97. The molecule has 0 aliphatic rings. The van der Waals surface area contributed by atoms with E-state index < -0.39 is 5.97 Å². The average molecular weight is 195 g/mol. The Balaban J connectivity index is 2.99. The quantitative estimate of drug-likeness (QED) is 0.780. The van der Waals surface area contributed by atoms with Gasteiger partial charge < -0.3 is 10.0 Å². The van der Waals surface area contributed by atoms with Crippen molar-refractivity contribution in [3.05, 3.63) is 18.0 Å². The zero-order valence-corrected chi connectivity index (χ0v) is 8.43. The van der Waals surface area contributed by atoms with Gasteiger partial charge in [0.1, 0.15) is 0 Å². The van der Waals surface area contributed by atoms with Gasteiger partial charge in [-0.1, -0.05) is 0 Å². The smallest absolute Gasteiger partial charge is 0.354 e. The SMILES string of the molecule is CC(C)N(C)c1nccc(C(=O)O)n1. The number of rotatable bonds is 3. The number of aromatic carboxylic acids is 1. The topological polar surface area (TPSA) is 66.3 Å². The number of aromatic nitrogens is 2. The molecule has 5 heteroatoms. The van der Waals surface area contributed by atoms with E-state index in [0.29, 0.717) is 5.95 Å². The standard InChI is InChI=1S/C9H13N3O2/c1-6(2)12(3)9-10-5-4-7(11-9)8(13)14/h4-6H,1-3H3,(H,13,14). The van der Waals surface area contributed by atoms with Crippen molar-refractivity contribution < 1.29 is 9.90 Å². The zero-order valence-electron chi connectivity index (χ0n) is 8.43. The van der Waals surface area contributed by atoms with Crippen molar-refractivity contribution >= 4 is 11.9 Å². The predicted octanol–water partition coefficient (Wildman–Crippen LogP) is 1.02. The van der Waals surface area contributed by atoms with Crippen molar-refractivity contribution in [2.45, 2.75) is 19.9 Å². The van der Waals surface area contributed by atoms with Crippen LogP contribution in [-0.4, -0.2) is 34.1 Å². The maximum Gasteiger partial charge on any atom is 0.354 e. The van der Waals surface area contributed by atoms with E-state index in [1.54, 1.807) is 0 Å². The first kappa shape index (κ1) is 10.4. The summed E-state index contributed by atoms with van der Waals surface area (Å²) in [5.74, 6) is -0.606. The van der Waals surface area contributed by atoms with Crippen LogP contribution in [0.3, 0.4) is 0 Å². The molecule has 0 saturated heterocycles. The summed E-state index contributed by atoms with van der Waals surface area (Å²) in [7, 11) is 1.83. The molecule has 76 valence electrons. The Labute approximate surface area is 82.4 Å². The van der Waals surface area contributed by atoms with Crippen LogP contribution in [0.2, 0.25) is 0 Å². The third-order valence-corrected chi connectivity index (χ3v) is 1.95. The maximum absolute atomic E-state index is 10.6. The van der Waals surface area contributed by atoms with Crippen LogP contribution in [-0.2, 0) is 0 Å². The van der Waals surface area contributed by atoms with Crippen molar-refractivity contribution in [3.8, 4) is 0 Å². The van der Waals surface area contributed by atoms with Gasteiger partial charge in [-0.15, -0.1) is 0 Å². The van der Waals surface area contributed by atoms with Crippen LogP contribution in [0.15, 0.2) is 12.3 Å². The fourth-order valence-corrected chi connectivity index (χ4v) is 0.868. The fourth-order valence-electron chi connectivity index (χ4n) is 0.868. The Morgan fingerprint density at radius 2 is 2.21 bits per heavy atom. The Kier molecular flexibility index (Phi) is 3.01. The van der Waals surface area contributed by atoms with Gasteiger partial charge >= 0.3 is 5.97 Å². The molecule has 0 unspecified atom stereocenters. The minimum Gasteiger partial charge on any atom is -0.477 e. The van der Waals surface area contributed by atoms with Gasteiger partial charge in [0.05, 0.1) is 0 Å². The van der Waals surface area contributed by atoms with Crippen LogP contribution in [0.25, 0.3) is 0 Å². The molecule has 1 rings (SSSR count). The molecule has 0 aliphatic heterocycles. The van der Waals surface area contributed by atoms with E-state index in [2.05, 4.69) is 9.97 Å². The monoisotopic (exact) mass is 195 g/mol. The molecule has 1 aromatic rings. The van der Waals surface area contributed by atoms with E-state index in [4.69, 9.17) is 5.11 Å². The third kappa shape index (κ3) is 2.18. The molecule has 1 aromatic heterocycles. The second kappa shape index (κ2) is 4.04. The van der Waals surface area contributed by atoms with Gasteiger partial charge in [0, 0.05) is 19.3 Å². The minimum absolute atomic E-state index is 0.0162. The van der Waals surface area contributed by atoms with Gasteiger partial charge in [0.25, 0.3) is 0 Å². The van der Waals surface area contributed by atoms with E-state index in [1.807, 2.05) is 25.8 Å². The van der Waals surface area contributed by atoms with Gasteiger partial charge in [-0.25, -0.2) is 14.8 Å². The van der Waals surface area contributed by atoms with Crippen LogP contribution in [0.5, 0.6) is 0 Å². The predicted molar refractivity (Wildman–Crippen MR) is 52.5 cm³/mol.